The van der Waals surface area contributed by atoms with Crippen molar-refractivity contribution in [2.75, 3.05) is 6.61 Å². The average Bonchev–Trinajstić information content (AvgIpc) is 2.88. The first-order valence-electron chi connectivity index (χ1n) is 7.66. The second kappa shape index (κ2) is 7.04. The van der Waals surface area contributed by atoms with Gasteiger partial charge in [-0.25, -0.2) is 4.79 Å². The lowest BCUT2D eigenvalue weighted by atomic mass is 10.2. The lowest BCUT2D eigenvalue weighted by Crippen LogP contribution is -2.24. The normalized spacial score (nSPS) is 10.7. The molecule has 0 atom stereocenters. The molecule has 0 fully saturated rings. The molecule has 0 aliphatic carbocycles. The van der Waals surface area contributed by atoms with Gasteiger partial charge in [-0.3, -0.25) is 9.36 Å². The van der Waals surface area contributed by atoms with Crippen LogP contribution in [0.1, 0.15) is 12.0 Å². The van der Waals surface area contributed by atoms with Gasteiger partial charge in [0.2, 0.25) is 5.91 Å². The van der Waals surface area contributed by atoms with Crippen molar-refractivity contribution in [1.82, 2.24) is 9.88 Å². The van der Waals surface area contributed by atoms with Crippen LogP contribution in [0.3, 0.4) is 0 Å². The third-order valence-electron chi connectivity index (χ3n) is 3.69. The Kier molecular flexibility index (Phi) is 4.65. The highest BCUT2D eigenvalue weighted by Gasteiger charge is 2.07. The van der Waals surface area contributed by atoms with Gasteiger partial charge in [0.25, 0.3) is 0 Å². The van der Waals surface area contributed by atoms with Crippen molar-refractivity contribution in [2.24, 2.45) is 7.05 Å². The summed E-state index contributed by atoms with van der Waals surface area (Å²) in [6, 6.07) is 14.8. The first-order chi connectivity index (χ1) is 11.6. The summed E-state index contributed by atoms with van der Waals surface area (Å²) < 4.78 is 12.0. The Morgan fingerprint density at radius 3 is 2.79 bits per heavy atom. The molecule has 6 heteroatoms. The number of nitrogens with one attached hydrogen (secondary N) is 1. The van der Waals surface area contributed by atoms with Crippen LogP contribution in [-0.2, 0) is 18.4 Å². The minimum absolute atomic E-state index is 0.0906. The first-order valence-corrected chi connectivity index (χ1v) is 7.66. The van der Waals surface area contributed by atoms with Crippen molar-refractivity contribution < 1.29 is 13.9 Å². The molecular weight excluding hydrogens is 308 g/mol. The summed E-state index contributed by atoms with van der Waals surface area (Å²) in [6.45, 7) is 0.713. The van der Waals surface area contributed by atoms with Crippen molar-refractivity contribution in [3.05, 3.63) is 64.6 Å². The molecule has 0 saturated carbocycles. The molecule has 0 unspecified atom stereocenters. The molecule has 0 bridgehead atoms. The molecule has 0 radical (unpaired) electrons. The van der Waals surface area contributed by atoms with Gasteiger partial charge in [-0.1, -0.05) is 24.3 Å². The number of hydrogen-bond donors (Lipinski definition) is 1. The van der Waals surface area contributed by atoms with E-state index in [1.54, 1.807) is 13.1 Å². The Morgan fingerprint density at radius 1 is 1.21 bits per heavy atom. The van der Waals surface area contributed by atoms with Crippen molar-refractivity contribution in [1.29, 1.82) is 0 Å². The fourth-order valence-electron chi connectivity index (χ4n) is 2.35. The zero-order valence-electron chi connectivity index (χ0n) is 13.3. The lowest BCUT2D eigenvalue weighted by Gasteiger charge is -2.07. The molecule has 24 heavy (non-hydrogen) atoms. The van der Waals surface area contributed by atoms with Gasteiger partial charge in [0.05, 0.1) is 18.5 Å². The molecule has 124 valence electrons. The van der Waals surface area contributed by atoms with Gasteiger partial charge in [-0.05, 0) is 29.8 Å². The molecule has 1 aromatic heterocycles. The lowest BCUT2D eigenvalue weighted by molar-refractivity contribution is -0.121. The average molecular weight is 326 g/mol. The van der Waals surface area contributed by atoms with Gasteiger partial charge in [-0.2, -0.15) is 0 Å². The van der Waals surface area contributed by atoms with Crippen LogP contribution in [-0.4, -0.2) is 17.1 Å². The van der Waals surface area contributed by atoms with Gasteiger partial charge in [-0.15, -0.1) is 0 Å². The zero-order chi connectivity index (χ0) is 16.9. The Balaban J connectivity index is 1.51. The predicted molar refractivity (Wildman–Crippen MR) is 89.9 cm³/mol. The maximum Gasteiger partial charge on any atom is 0.419 e. The summed E-state index contributed by atoms with van der Waals surface area (Å²) in [5.74, 6) is 0.257. The van der Waals surface area contributed by atoms with Gasteiger partial charge < -0.3 is 14.5 Å². The van der Waals surface area contributed by atoms with E-state index in [9.17, 15) is 9.59 Å². The highest BCUT2D eigenvalue weighted by molar-refractivity contribution is 5.77. The van der Waals surface area contributed by atoms with Crippen molar-refractivity contribution in [3.8, 4) is 5.75 Å². The predicted octanol–water partition coefficient (Wildman–Crippen LogP) is 2.22. The fraction of sp³-hybridized carbons (Fsp3) is 0.222. The number of aryl methyl sites for hydroxylation is 1. The molecule has 2 aromatic carbocycles. The minimum atomic E-state index is -0.399. The SMILES string of the molecule is Cn1c(=O)oc2ccc(CNC(=O)CCOc3ccccc3)cc21. The second-order valence-corrected chi connectivity index (χ2v) is 5.42. The maximum absolute atomic E-state index is 11.9. The van der Waals surface area contributed by atoms with Crippen LogP contribution in [0, 0.1) is 0 Å². The largest absolute Gasteiger partial charge is 0.493 e. The summed E-state index contributed by atoms with van der Waals surface area (Å²) in [5, 5.41) is 2.84. The standard InChI is InChI=1S/C18H18N2O4/c1-20-15-11-13(7-8-16(15)24-18(20)22)12-19-17(21)9-10-23-14-5-3-2-4-6-14/h2-8,11H,9-10,12H2,1H3,(H,19,21). The first kappa shape index (κ1) is 15.9. The van der Waals surface area contributed by atoms with E-state index in [0.29, 0.717) is 24.3 Å². The summed E-state index contributed by atoms with van der Waals surface area (Å²) >= 11 is 0. The third kappa shape index (κ3) is 3.65. The molecule has 6 nitrogen and oxygen atoms in total. The number of ether oxygens (including phenoxy) is 1. The minimum Gasteiger partial charge on any atom is -0.493 e. The molecule has 3 aromatic rings. The summed E-state index contributed by atoms with van der Waals surface area (Å²) in [5.41, 5.74) is 2.14. The number of fused-ring (bicyclic) bond motifs is 1. The van der Waals surface area contributed by atoms with E-state index < -0.39 is 5.76 Å². The molecule has 3 rings (SSSR count). The van der Waals surface area contributed by atoms with Gasteiger partial charge in [0, 0.05) is 13.6 Å². The Hall–Kier alpha value is -3.02. The van der Waals surface area contributed by atoms with Crippen LogP contribution in [0.4, 0.5) is 0 Å². The van der Waals surface area contributed by atoms with E-state index >= 15 is 0 Å². The third-order valence-corrected chi connectivity index (χ3v) is 3.69. The van der Waals surface area contributed by atoms with Crippen molar-refractivity contribution in [2.45, 2.75) is 13.0 Å². The number of para-hydroxylation sites is 1. The second-order valence-electron chi connectivity index (χ2n) is 5.42. The summed E-state index contributed by atoms with van der Waals surface area (Å²) in [4.78, 5) is 23.3. The number of oxazole rings is 1. The number of amides is 1. The molecule has 0 saturated heterocycles. The number of benzene rings is 2. The zero-order valence-corrected chi connectivity index (χ0v) is 13.3. The maximum atomic E-state index is 11.9. The van der Waals surface area contributed by atoms with E-state index in [1.807, 2.05) is 42.5 Å². The van der Waals surface area contributed by atoms with E-state index in [0.717, 1.165) is 11.3 Å². The molecule has 1 amide bonds. The molecule has 1 heterocycles. The Labute approximate surface area is 138 Å². The van der Waals surface area contributed by atoms with Crippen LogP contribution >= 0.6 is 0 Å². The fourth-order valence-corrected chi connectivity index (χ4v) is 2.35. The highest BCUT2D eigenvalue weighted by atomic mass is 16.5. The topological polar surface area (TPSA) is 73.5 Å². The van der Waals surface area contributed by atoms with Crippen LogP contribution in [0.15, 0.2) is 57.7 Å². The Bertz CT molecular complexity index is 896. The van der Waals surface area contributed by atoms with Crippen LogP contribution < -0.4 is 15.8 Å². The molecule has 0 aliphatic heterocycles. The van der Waals surface area contributed by atoms with Gasteiger partial charge >= 0.3 is 5.76 Å². The van der Waals surface area contributed by atoms with Crippen molar-refractivity contribution >= 4 is 17.0 Å². The van der Waals surface area contributed by atoms with E-state index in [4.69, 9.17) is 9.15 Å². The van der Waals surface area contributed by atoms with Crippen LogP contribution in [0.25, 0.3) is 11.1 Å². The number of aromatic nitrogens is 1. The number of rotatable bonds is 6. The van der Waals surface area contributed by atoms with E-state index in [1.165, 1.54) is 4.57 Å². The number of carbonyl (C=O) groups excluding carboxylic acids is 1. The van der Waals surface area contributed by atoms with Crippen LogP contribution in [0.2, 0.25) is 0 Å². The number of hydrogen-bond acceptors (Lipinski definition) is 4. The molecular formula is C18H18N2O4. The van der Waals surface area contributed by atoms with E-state index in [2.05, 4.69) is 5.32 Å². The van der Waals surface area contributed by atoms with Gasteiger partial charge in [0.15, 0.2) is 5.58 Å². The summed E-state index contributed by atoms with van der Waals surface area (Å²) in [6.07, 6.45) is 0.279. The molecule has 0 spiro atoms. The number of carbonyl (C=O) groups is 1. The summed E-state index contributed by atoms with van der Waals surface area (Å²) in [7, 11) is 1.65. The van der Waals surface area contributed by atoms with Crippen LogP contribution in [0.5, 0.6) is 5.75 Å². The quantitative estimate of drug-likeness (QED) is 0.754. The highest BCUT2D eigenvalue weighted by Crippen LogP contribution is 2.14. The van der Waals surface area contributed by atoms with E-state index in [-0.39, 0.29) is 12.3 Å². The number of nitrogens with zero attached hydrogens (tertiary/aromatic N) is 1. The molecule has 0 aliphatic rings. The van der Waals surface area contributed by atoms with Crippen molar-refractivity contribution in [3.63, 3.8) is 0 Å². The smallest absolute Gasteiger partial charge is 0.419 e. The molecule has 1 N–H and O–H groups in total. The van der Waals surface area contributed by atoms with Gasteiger partial charge in [0.1, 0.15) is 5.75 Å². The monoisotopic (exact) mass is 326 g/mol. The Morgan fingerprint density at radius 2 is 2.00 bits per heavy atom.